The minimum absolute atomic E-state index is 0.149. The van der Waals surface area contributed by atoms with Gasteiger partial charge in [-0.25, -0.2) is 4.39 Å². The molecule has 1 heterocycles. The highest BCUT2D eigenvalue weighted by molar-refractivity contribution is 5.49. The number of hydrogen-bond acceptors (Lipinski definition) is 3. The standard InChI is InChI=1S/C16H25FN2O/c1-12(18-2)14-6-7-16(15(17)9-14)19(3)10-13-5-4-8-20-11-13/h6-7,9,12-13,18H,4-5,8,10-11H2,1-3H3. The lowest BCUT2D eigenvalue weighted by molar-refractivity contribution is 0.0576. The van der Waals surface area contributed by atoms with Gasteiger partial charge in [0.1, 0.15) is 5.82 Å². The molecule has 1 aliphatic heterocycles. The Morgan fingerprint density at radius 2 is 2.30 bits per heavy atom. The summed E-state index contributed by atoms with van der Waals surface area (Å²) >= 11 is 0. The molecule has 0 aliphatic carbocycles. The van der Waals surface area contributed by atoms with Crippen LogP contribution in [0.1, 0.15) is 31.4 Å². The molecule has 1 aliphatic rings. The Morgan fingerprint density at radius 1 is 1.50 bits per heavy atom. The zero-order valence-corrected chi connectivity index (χ0v) is 12.7. The quantitative estimate of drug-likeness (QED) is 0.897. The summed E-state index contributed by atoms with van der Waals surface area (Å²) in [4.78, 5) is 2.00. The van der Waals surface area contributed by atoms with E-state index in [9.17, 15) is 4.39 Å². The molecule has 0 bridgehead atoms. The smallest absolute Gasteiger partial charge is 0.146 e. The van der Waals surface area contributed by atoms with Gasteiger partial charge in [0.05, 0.1) is 12.3 Å². The topological polar surface area (TPSA) is 24.5 Å². The highest BCUT2D eigenvalue weighted by atomic mass is 19.1. The fourth-order valence-corrected chi connectivity index (χ4v) is 2.71. The molecule has 0 aromatic heterocycles. The van der Waals surface area contributed by atoms with Crippen molar-refractivity contribution in [1.82, 2.24) is 5.32 Å². The van der Waals surface area contributed by atoms with E-state index in [0.717, 1.165) is 31.7 Å². The maximum Gasteiger partial charge on any atom is 0.146 e. The van der Waals surface area contributed by atoms with Crippen LogP contribution in [0.25, 0.3) is 0 Å². The summed E-state index contributed by atoms with van der Waals surface area (Å²) in [5, 5.41) is 3.13. The molecule has 2 rings (SSSR count). The van der Waals surface area contributed by atoms with Crippen molar-refractivity contribution in [3.63, 3.8) is 0 Å². The molecule has 3 nitrogen and oxygen atoms in total. The van der Waals surface area contributed by atoms with Gasteiger partial charge in [-0.2, -0.15) is 0 Å². The lowest BCUT2D eigenvalue weighted by Crippen LogP contribution is -2.31. The zero-order chi connectivity index (χ0) is 14.5. The maximum absolute atomic E-state index is 14.3. The fraction of sp³-hybridized carbons (Fsp3) is 0.625. The second-order valence-electron chi connectivity index (χ2n) is 5.68. The van der Waals surface area contributed by atoms with E-state index in [4.69, 9.17) is 4.74 Å². The SMILES string of the molecule is CNC(C)c1ccc(N(C)CC2CCCOC2)c(F)c1. The Hall–Kier alpha value is -1.13. The van der Waals surface area contributed by atoms with Gasteiger partial charge in [-0.05, 0) is 50.4 Å². The largest absolute Gasteiger partial charge is 0.381 e. The van der Waals surface area contributed by atoms with Crippen molar-refractivity contribution in [3.05, 3.63) is 29.6 Å². The third-order valence-electron chi connectivity index (χ3n) is 4.10. The number of nitrogens with zero attached hydrogens (tertiary/aromatic N) is 1. The molecule has 0 radical (unpaired) electrons. The van der Waals surface area contributed by atoms with Crippen LogP contribution in [0.3, 0.4) is 0 Å². The molecule has 1 fully saturated rings. The highest BCUT2D eigenvalue weighted by Crippen LogP contribution is 2.24. The molecule has 2 unspecified atom stereocenters. The van der Waals surface area contributed by atoms with Crippen LogP contribution in [0.4, 0.5) is 10.1 Å². The van der Waals surface area contributed by atoms with E-state index in [1.807, 2.05) is 38.1 Å². The van der Waals surface area contributed by atoms with Crippen LogP contribution in [0.2, 0.25) is 0 Å². The van der Waals surface area contributed by atoms with Gasteiger partial charge < -0.3 is 15.0 Å². The van der Waals surface area contributed by atoms with Crippen LogP contribution >= 0.6 is 0 Å². The molecule has 20 heavy (non-hydrogen) atoms. The molecule has 0 amide bonds. The molecule has 112 valence electrons. The monoisotopic (exact) mass is 280 g/mol. The van der Waals surface area contributed by atoms with Crippen LogP contribution in [0.5, 0.6) is 0 Å². The molecule has 1 saturated heterocycles. The van der Waals surface area contributed by atoms with E-state index < -0.39 is 0 Å². The van der Waals surface area contributed by atoms with Crippen LogP contribution in [0.15, 0.2) is 18.2 Å². The Bertz CT molecular complexity index is 432. The van der Waals surface area contributed by atoms with Crippen molar-refractivity contribution in [2.24, 2.45) is 5.92 Å². The second-order valence-corrected chi connectivity index (χ2v) is 5.68. The number of halogens is 1. The van der Waals surface area contributed by atoms with E-state index in [2.05, 4.69) is 5.32 Å². The van der Waals surface area contributed by atoms with Crippen LogP contribution < -0.4 is 10.2 Å². The lowest BCUT2D eigenvalue weighted by Gasteiger charge is -2.29. The number of ether oxygens (including phenoxy) is 1. The summed E-state index contributed by atoms with van der Waals surface area (Å²) in [5.41, 5.74) is 1.64. The van der Waals surface area contributed by atoms with Crippen molar-refractivity contribution in [2.45, 2.75) is 25.8 Å². The van der Waals surface area contributed by atoms with E-state index in [1.54, 1.807) is 6.07 Å². The predicted molar refractivity (Wildman–Crippen MR) is 80.7 cm³/mol. The first-order chi connectivity index (χ1) is 9.61. The summed E-state index contributed by atoms with van der Waals surface area (Å²) in [6.45, 7) is 4.53. The molecule has 1 N–H and O–H groups in total. The van der Waals surface area contributed by atoms with Crippen molar-refractivity contribution in [2.75, 3.05) is 38.8 Å². The number of benzene rings is 1. The Balaban J connectivity index is 2.03. The van der Waals surface area contributed by atoms with Crippen LogP contribution in [-0.4, -0.2) is 33.9 Å². The fourth-order valence-electron chi connectivity index (χ4n) is 2.71. The molecule has 1 aromatic carbocycles. The minimum atomic E-state index is -0.149. The van der Waals surface area contributed by atoms with Crippen LogP contribution in [-0.2, 0) is 4.74 Å². The average molecular weight is 280 g/mol. The number of hydrogen-bond donors (Lipinski definition) is 1. The third-order valence-corrected chi connectivity index (χ3v) is 4.10. The average Bonchev–Trinajstić information content (AvgIpc) is 2.47. The van der Waals surface area contributed by atoms with Gasteiger partial charge >= 0.3 is 0 Å². The number of rotatable bonds is 5. The van der Waals surface area contributed by atoms with Crippen molar-refractivity contribution in [3.8, 4) is 0 Å². The lowest BCUT2D eigenvalue weighted by atomic mass is 10.0. The molecular formula is C16H25FN2O. The first-order valence-corrected chi connectivity index (χ1v) is 7.37. The van der Waals surface area contributed by atoms with Gasteiger partial charge in [0.2, 0.25) is 0 Å². The molecular weight excluding hydrogens is 255 g/mol. The zero-order valence-electron chi connectivity index (χ0n) is 12.7. The first kappa shape index (κ1) is 15.3. The molecule has 1 aromatic rings. The summed E-state index contributed by atoms with van der Waals surface area (Å²) in [6, 6.07) is 5.66. The van der Waals surface area contributed by atoms with Gasteiger partial charge in [0, 0.05) is 26.2 Å². The normalized spacial score (nSPS) is 20.7. The van der Waals surface area contributed by atoms with Crippen molar-refractivity contribution in [1.29, 1.82) is 0 Å². The van der Waals surface area contributed by atoms with Gasteiger partial charge in [-0.15, -0.1) is 0 Å². The van der Waals surface area contributed by atoms with E-state index >= 15 is 0 Å². The molecule has 2 atom stereocenters. The van der Waals surface area contributed by atoms with Gasteiger partial charge in [0.15, 0.2) is 0 Å². The van der Waals surface area contributed by atoms with E-state index in [1.165, 1.54) is 6.42 Å². The summed E-state index contributed by atoms with van der Waals surface area (Å²) in [6.07, 6.45) is 2.28. The number of anilines is 1. The highest BCUT2D eigenvalue weighted by Gasteiger charge is 2.18. The minimum Gasteiger partial charge on any atom is -0.381 e. The Morgan fingerprint density at radius 3 is 2.90 bits per heavy atom. The summed E-state index contributed by atoms with van der Waals surface area (Å²) < 4.78 is 19.7. The second kappa shape index (κ2) is 7.04. The molecule has 4 heteroatoms. The van der Waals surface area contributed by atoms with Gasteiger partial charge in [-0.3, -0.25) is 0 Å². The van der Waals surface area contributed by atoms with E-state index in [-0.39, 0.29) is 11.9 Å². The molecule has 0 saturated carbocycles. The van der Waals surface area contributed by atoms with Crippen LogP contribution in [0, 0.1) is 11.7 Å². The van der Waals surface area contributed by atoms with Gasteiger partial charge in [0.25, 0.3) is 0 Å². The first-order valence-electron chi connectivity index (χ1n) is 7.37. The van der Waals surface area contributed by atoms with E-state index in [0.29, 0.717) is 11.6 Å². The maximum atomic E-state index is 14.3. The Kier molecular flexibility index (Phi) is 5.38. The summed E-state index contributed by atoms with van der Waals surface area (Å²) in [7, 11) is 3.83. The summed E-state index contributed by atoms with van der Waals surface area (Å²) in [5.74, 6) is 0.355. The van der Waals surface area contributed by atoms with Crippen molar-refractivity contribution >= 4 is 5.69 Å². The predicted octanol–water partition coefficient (Wildman–Crippen LogP) is 2.97. The Labute approximate surface area is 121 Å². The van der Waals surface area contributed by atoms with Crippen molar-refractivity contribution < 1.29 is 9.13 Å². The molecule has 0 spiro atoms. The number of nitrogens with one attached hydrogen (secondary N) is 1. The third kappa shape index (κ3) is 3.70. The van der Waals surface area contributed by atoms with Gasteiger partial charge in [-0.1, -0.05) is 6.07 Å².